The highest BCUT2D eigenvalue weighted by molar-refractivity contribution is 5.69. The fourth-order valence-corrected chi connectivity index (χ4v) is 1.97. The molecular weight excluding hydrogens is 256 g/mol. The van der Waals surface area contributed by atoms with Gasteiger partial charge < -0.3 is 10.2 Å². The van der Waals surface area contributed by atoms with Crippen LogP contribution in [0.2, 0.25) is 0 Å². The van der Waals surface area contributed by atoms with Crippen LogP contribution in [0.3, 0.4) is 0 Å². The number of phenols is 1. The fourth-order valence-electron chi connectivity index (χ4n) is 1.97. The first-order valence-corrected chi connectivity index (χ1v) is 6.26. The number of carboxylic acids is 1. The predicted molar refractivity (Wildman–Crippen MR) is 74.1 cm³/mol. The molecule has 5 heteroatoms. The standard InChI is InChI=1S/C15H16N2O3/c18-14-7-2-1-5-12(14)9-17(11-15(19)20)10-13-6-3-4-8-16-13/h1-8,18H,9-11H2,(H,19,20). The van der Waals surface area contributed by atoms with Crippen molar-refractivity contribution in [1.29, 1.82) is 0 Å². The van der Waals surface area contributed by atoms with Gasteiger partial charge in [-0.25, -0.2) is 0 Å². The summed E-state index contributed by atoms with van der Waals surface area (Å²) in [5.41, 5.74) is 1.49. The van der Waals surface area contributed by atoms with Gasteiger partial charge in [0.1, 0.15) is 5.75 Å². The van der Waals surface area contributed by atoms with Crippen molar-refractivity contribution in [3.63, 3.8) is 0 Å². The molecule has 1 aromatic carbocycles. The number of carboxylic acid groups (broad SMARTS) is 1. The molecule has 2 aromatic rings. The zero-order valence-electron chi connectivity index (χ0n) is 10.9. The second kappa shape index (κ2) is 6.68. The second-order valence-electron chi connectivity index (χ2n) is 4.49. The molecular formula is C15H16N2O3. The number of pyridine rings is 1. The lowest BCUT2D eigenvalue weighted by molar-refractivity contribution is -0.138. The van der Waals surface area contributed by atoms with Crippen LogP contribution in [-0.4, -0.2) is 32.6 Å². The Morgan fingerprint density at radius 2 is 1.85 bits per heavy atom. The van der Waals surface area contributed by atoms with Gasteiger partial charge >= 0.3 is 5.97 Å². The lowest BCUT2D eigenvalue weighted by Crippen LogP contribution is -2.29. The third-order valence-electron chi connectivity index (χ3n) is 2.86. The quantitative estimate of drug-likeness (QED) is 0.839. The van der Waals surface area contributed by atoms with E-state index in [-0.39, 0.29) is 12.3 Å². The van der Waals surface area contributed by atoms with E-state index in [9.17, 15) is 9.90 Å². The molecule has 5 nitrogen and oxygen atoms in total. The Morgan fingerprint density at radius 1 is 1.10 bits per heavy atom. The lowest BCUT2D eigenvalue weighted by atomic mass is 10.2. The van der Waals surface area contributed by atoms with E-state index in [4.69, 9.17) is 5.11 Å². The van der Waals surface area contributed by atoms with Crippen LogP contribution in [0, 0.1) is 0 Å². The molecule has 20 heavy (non-hydrogen) atoms. The maximum atomic E-state index is 11.0. The van der Waals surface area contributed by atoms with E-state index in [0.29, 0.717) is 18.7 Å². The van der Waals surface area contributed by atoms with Crippen molar-refractivity contribution in [2.75, 3.05) is 6.54 Å². The summed E-state index contributed by atoms with van der Waals surface area (Å²) in [5, 5.41) is 18.8. The number of phenolic OH excluding ortho intramolecular Hbond substituents is 1. The Balaban J connectivity index is 2.12. The van der Waals surface area contributed by atoms with Crippen LogP contribution >= 0.6 is 0 Å². The molecule has 1 aromatic heterocycles. The predicted octanol–water partition coefficient (Wildman–Crippen LogP) is 1.87. The fraction of sp³-hybridized carbons (Fsp3) is 0.200. The Bertz CT molecular complexity index is 572. The lowest BCUT2D eigenvalue weighted by Gasteiger charge is -2.20. The molecule has 0 fully saturated rings. The molecule has 0 bridgehead atoms. The molecule has 2 N–H and O–H groups in total. The largest absolute Gasteiger partial charge is 0.508 e. The van der Waals surface area contributed by atoms with Crippen LogP contribution < -0.4 is 0 Å². The maximum absolute atomic E-state index is 11.0. The number of rotatable bonds is 6. The first-order chi connectivity index (χ1) is 9.65. The summed E-state index contributed by atoms with van der Waals surface area (Å²) >= 11 is 0. The van der Waals surface area contributed by atoms with Gasteiger partial charge in [-0.15, -0.1) is 0 Å². The van der Waals surface area contributed by atoms with Crippen molar-refractivity contribution in [3.8, 4) is 5.75 Å². The maximum Gasteiger partial charge on any atom is 0.317 e. The number of aromatic nitrogens is 1. The summed E-state index contributed by atoms with van der Waals surface area (Å²) in [6.45, 7) is 0.669. The van der Waals surface area contributed by atoms with Crippen LogP contribution in [0.1, 0.15) is 11.3 Å². The van der Waals surface area contributed by atoms with Crippen LogP contribution in [0.4, 0.5) is 0 Å². The molecule has 1 heterocycles. The second-order valence-corrected chi connectivity index (χ2v) is 4.49. The van der Waals surface area contributed by atoms with Gasteiger partial charge in [-0.3, -0.25) is 14.7 Å². The minimum absolute atomic E-state index is 0.106. The molecule has 0 spiro atoms. The van der Waals surface area contributed by atoms with Gasteiger partial charge in [0, 0.05) is 24.8 Å². The van der Waals surface area contributed by atoms with E-state index in [2.05, 4.69) is 4.98 Å². The van der Waals surface area contributed by atoms with Gasteiger partial charge in [-0.2, -0.15) is 0 Å². The molecule has 0 aliphatic carbocycles. The van der Waals surface area contributed by atoms with Gasteiger partial charge in [0.25, 0.3) is 0 Å². The molecule has 0 aliphatic heterocycles. The topological polar surface area (TPSA) is 73.7 Å². The SMILES string of the molecule is O=C(O)CN(Cc1ccccn1)Cc1ccccc1O. The zero-order valence-corrected chi connectivity index (χ0v) is 10.9. The molecule has 0 aliphatic rings. The number of hydrogen-bond donors (Lipinski definition) is 2. The summed E-state index contributed by atoms with van der Waals surface area (Å²) in [7, 11) is 0. The zero-order chi connectivity index (χ0) is 14.4. The smallest absolute Gasteiger partial charge is 0.317 e. The minimum Gasteiger partial charge on any atom is -0.508 e. The van der Waals surface area contributed by atoms with Crippen LogP contribution in [-0.2, 0) is 17.9 Å². The van der Waals surface area contributed by atoms with Crippen LogP contribution in [0.25, 0.3) is 0 Å². The van der Waals surface area contributed by atoms with Gasteiger partial charge in [-0.1, -0.05) is 24.3 Å². The highest BCUT2D eigenvalue weighted by atomic mass is 16.4. The third kappa shape index (κ3) is 4.07. The van der Waals surface area contributed by atoms with E-state index in [0.717, 1.165) is 5.69 Å². The first kappa shape index (κ1) is 14.0. The highest BCUT2D eigenvalue weighted by Gasteiger charge is 2.13. The van der Waals surface area contributed by atoms with E-state index in [1.54, 1.807) is 29.3 Å². The summed E-state index contributed by atoms with van der Waals surface area (Å²) in [6.07, 6.45) is 1.67. The number of benzene rings is 1. The Hall–Kier alpha value is -2.40. The van der Waals surface area contributed by atoms with Crippen molar-refractivity contribution in [3.05, 3.63) is 59.9 Å². The van der Waals surface area contributed by atoms with Crippen molar-refractivity contribution < 1.29 is 15.0 Å². The van der Waals surface area contributed by atoms with Crippen molar-refractivity contribution >= 4 is 5.97 Å². The van der Waals surface area contributed by atoms with Crippen LogP contribution in [0.15, 0.2) is 48.7 Å². The molecule has 104 valence electrons. The number of nitrogens with zero attached hydrogens (tertiary/aromatic N) is 2. The number of para-hydroxylation sites is 1. The normalized spacial score (nSPS) is 10.7. The molecule has 0 amide bonds. The number of carbonyl (C=O) groups is 1. The number of hydrogen-bond acceptors (Lipinski definition) is 4. The first-order valence-electron chi connectivity index (χ1n) is 6.26. The van der Waals surface area contributed by atoms with E-state index < -0.39 is 5.97 Å². The Labute approximate surface area is 117 Å². The Morgan fingerprint density at radius 3 is 2.50 bits per heavy atom. The van der Waals surface area contributed by atoms with E-state index in [1.807, 2.05) is 24.3 Å². The third-order valence-corrected chi connectivity index (χ3v) is 2.86. The minimum atomic E-state index is -0.906. The monoisotopic (exact) mass is 272 g/mol. The number of aromatic hydroxyl groups is 1. The molecule has 2 rings (SSSR count). The van der Waals surface area contributed by atoms with Crippen LogP contribution in [0.5, 0.6) is 5.75 Å². The average Bonchev–Trinajstić information content (AvgIpc) is 2.42. The average molecular weight is 272 g/mol. The summed E-state index contributed by atoms with van der Waals surface area (Å²) < 4.78 is 0. The summed E-state index contributed by atoms with van der Waals surface area (Å²) in [4.78, 5) is 16.9. The van der Waals surface area contributed by atoms with Gasteiger partial charge in [0.15, 0.2) is 0 Å². The highest BCUT2D eigenvalue weighted by Crippen LogP contribution is 2.18. The molecule has 0 unspecified atom stereocenters. The van der Waals surface area contributed by atoms with Gasteiger partial charge in [0.05, 0.1) is 12.2 Å². The molecule has 0 radical (unpaired) electrons. The van der Waals surface area contributed by atoms with E-state index >= 15 is 0 Å². The van der Waals surface area contributed by atoms with Crippen molar-refractivity contribution in [2.45, 2.75) is 13.1 Å². The van der Waals surface area contributed by atoms with Gasteiger partial charge in [-0.05, 0) is 18.2 Å². The van der Waals surface area contributed by atoms with Crippen molar-refractivity contribution in [2.24, 2.45) is 0 Å². The summed E-state index contributed by atoms with van der Waals surface area (Å²) in [5.74, 6) is -0.736. The van der Waals surface area contributed by atoms with Crippen molar-refractivity contribution in [1.82, 2.24) is 9.88 Å². The number of aliphatic carboxylic acids is 1. The van der Waals surface area contributed by atoms with Gasteiger partial charge in [0.2, 0.25) is 0 Å². The molecule has 0 atom stereocenters. The Kier molecular flexibility index (Phi) is 4.68. The molecule has 0 saturated carbocycles. The molecule has 0 saturated heterocycles. The van der Waals surface area contributed by atoms with E-state index in [1.165, 1.54) is 0 Å². The summed E-state index contributed by atoms with van der Waals surface area (Å²) in [6, 6.07) is 12.4.